The van der Waals surface area contributed by atoms with Crippen molar-refractivity contribution in [1.82, 2.24) is 46.3 Å². The van der Waals surface area contributed by atoms with Crippen LogP contribution >= 0.6 is 0 Å². The Bertz CT molecular complexity index is 2270. The van der Waals surface area contributed by atoms with Gasteiger partial charge in [0.25, 0.3) is 0 Å². The van der Waals surface area contributed by atoms with E-state index in [0.29, 0.717) is 11.1 Å². The Hall–Kier alpha value is -7.16. The molecule has 1 aromatic heterocycles. The Morgan fingerprint density at radius 3 is 2.02 bits per heavy atom. The number of carbonyl (C=O) groups is 9. The van der Waals surface area contributed by atoms with Crippen LogP contribution in [0.1, 0.15) is 50.7 Å². The molecule has 0 bridgehead atoms. The molecule has 0 aliphatic carbocycles. The summed E-state index contributed by atoms with van der Waals surface area (Å²) in [5.74, 6) is -6.25. The quantitative estimate of drug-likeness (QED) is 0.0653. The fourth-order valence-electron chi connectivity index (χ4n) is 7.19. The van der Waals surface area contributed by atoms with Crippen molar-refractivity contribution >= 4 is 63.9 Å². The highest BCUT2D eigenvalue weighted by Gasteiger charge is 2.44. The highest BCUT2D eigenvalue weighted by Crippen LogP contribution is 2.24. The molecule has 4 rings (SSSR count). The first-order valence-corrected chi connectivity index (χ1v) is 21.3. The molecule has 9 amide bonds. The average Bonchev–Trinajstić information content (AvgIpc) is 3.26. The number of hydrogen-bond acceptors (Lipinski definition) is 12. The average molecular weight is 917 g/mol. The van der Waals surface area contributed by atoms with Crippen molar-refractivity contribution < 1.29 is 53.0 Å². The molecule has 1 saturated heterocycles. The second-order valence-electron chi connectivity index (χ2n) is 16.6. The SMILES string of the molecule is CC(=O)N[C@@H](Cc1ccc2cc(O)ccc2c1)C(=O)NC1(C(=O)N[C@@H](CCN(C)C(C)=O)C(=O)N[C@@H](CC(N)=O)C(=O)N[C@@H](Cc2cccnc2)C(=O)N(C)CC(=O)N(C)C)CCOCC1. The number of aromatic nitrogens is 1. The number of nitrogens with two attached hydrogens (primary N) is 1. The molecule has 0 radical (unpaired) electrons. The molecule has 0 saturated carbocycles. The molecular weight excluding hydrogens is 857 g/mol. The molecular formula is C45H60N10O11. The molecule has 0 unspecified atom stereocenters. The first-order valence-electron chi connectivity index (χ1n) is 21.3. The van der Waals surface area contributed by atoms with Gasteiger partial charge in [0, 0.05) is 99.9 Å². The molecule has 2 aromatic carbocycles. The number of pyridine rings is 1. The number of phenols is 1. The van der Waals surface area contributed by atoms with E-state index in [1.165, 1.54) is 70.3 Å². The second-order valence-corrected chi connectivity index (χ2v) is 16.6. The van der Waals surface area contributed by atoms with Gasteiger partial charge in [-0.1, -0.05) is 30.3 Å². The van der Waals surface area contributed by atoms with E-state index < -0.39 is 83.4 Å². The van der Waals surface area contributed by atoms with Crippen LogP contribution in [0, 0.1) is 0 Å². The van der Waals surface area contributed by atoms with Gasteiger partial charge in [0.15, 0.2) is 0 Å². The van der Waals surface area contributed by atoms with Crippen LogP contribution in [-0.2, 0) is 60.7 Å². The van der Waals surface area contributed by atoms with Crippen LogP contribution < -0.4 is 32.3 Å². The number of phenolic OH excluding ortho intramolecular Hbond substituents is 1. The largest absolute Gasteiger partial charge is 0.508 e. The standard InChI is InChI=1S/C45H60N10O11/c1-27(56)48-35(21-29-9-10-32-23-33(58)12-11-31(32)20-29)42(63)52-45(14-18-66-19-15-45)44(65)51-34(13-17-54(5)28(2)57)40(61)49-36(24-38(46)59)41(62)50-37(22-30-8-7-16-47-25-30)43(64)55(6)26-39(60)53(3)4/h7-12,16,20,23,25,34-37,58H,13-15,17-19,21-22,24,26H2,1-6H3,(H2,46,59)(H,48,56)(H,49,61)(H,50,62)(H,51,65)(H,52,63)/t34-,35-,36-,37-/m0/s1. The first kappa shape index (κ1) is 51.5. The van der Waals surface area contributed by atoms with Crippen molar-refractivity contribution in [1.29, 1.82) is 0 Å². The Kier molecular flexibility index (Phi) is 18.5. The van der Waals surface area contributed by atoms with E-state index in [-0.39, 0.29) is 70.1 Å². The zero-order valence-electron chi connectivity index (χ0n) is 38.0. The summed E-state index contributed by atoms with van der Waals surface area (Å²) in [7, 11) is 5.90. The number of ether oxygens (including phenoxy) is 1. The van der Waals surface area contributed by atoms with Crippen molar-refractivity contribution in [2.45, 2.75) is 82.1 Å². The van der Waals surface area contributed by atoms with Crippen molar-refractivity contribution in [3.8, 4) is 5.75 Å². The minimum Gasteiger partial charge on any atom is -0.508 e. The lowest BCUT2D eigenvalue weighted by molar-refractivity contribution is -0.142. The van der Waals surface area contributed by atoms with Gasteiger partial charge >= 0.3 is 0 Å². The molecule has 3 aromatic rings. The molecule has 1 aliphatic rings. The molecule has 8 N–H and O–H groups in total. The summed E-state index contributed by atoms with van der Waals surface area (Å²) in [5, 5.41) is 24.7. The van der Waals surface area contributed by atoms with Crippen LogP contribution in [0.3, 0.4) is 0 Å². The molecule has 0 spiro atoms. The summed E-state index contributed by atoms with van der Waals surface area (Å²) >= 11 is 0. The van der Waals surface area contributed by atoms with Gasteiger partial charge in [0.1, 0.15) is 35.5 Å². The number of rotatable bonds is 21. The predicted octanol–water partition coefficient (Wildman–Crippen LogP) is -1.36. The maximum Gasteiger partial charge on any atom is 0.246 e. The number of carbonyl (C=O) groups excluding carboxylic acids is 9. The number of hydrogen-bond donors (Lipinski definition) is 7. The molecule has 21 nitrogen and oxygen atoms in total. The number of aromatic hydroxyl groups is 1. The van der Waals surface area contributed by atoms with E-state index >= 15 is 0 Å². The Balaban J connectivity index is 1.60. The number of fused-ring (bicyclic) bond motifs is 1. The fraction of sp³-hybridized carbons (Fsp3) is 0.467. The number of likely N-dealkylation sites (N-methyl/N-ethyl adjacent to an activating group) is 2. The third kappa shape index (κ3) is 15.0. The minimum atomic E-state index is -1.67. The zero-order chi connectivity index (χ0) is 48.7. The maximum absolute atomic E-state index is 14.5. The van der Waals surface area contributed by atoms with Gasteiger partial charge in [0.05, 0.1) is 13.0 Å². The van der Waals surface area contributed by atoms with Crippen LogP contribution in [-0.4, -0.2) is 162 Å². The second kappa shape index (κ2) is 23.7. The Morgan fingerprint density at radius 1 is 0.758 bits per heavy atom. The van der Waals surface area contributed by atoms with Crippen LogP contribution in [0.5, 0.6) is 5.75 Å². The Morgan fingerprint density at radius 2 is 1.39 bits per heavy atom. The van der Waals surface area contributed by atoms with E-state index in [2.05, 4.69) is 31.6 Å². The van der Waals surface area contributed by atoms with Crippen LogP contribution in [0.25, 0.3) is 10.8 Å². The molecule has 356 valence electrons. The lowest BCUT2D eigenvalue weighted by Gasteiger charge is -2.38. The smallest absolute Gasteiger partial charge is 0.246 e. The minimum absolute atomic E-state index is 0.0291. The van der Waals surface area contributed by atoms with Gasteiger partial charge in [-0.25, -0.2) is 0 Å². The topological polar surface area (TPSA) is 292 Å². The lowest BCUT2D eigenvalue weighted by Crippen LogP contribution is -2.66. The van der Waals surface area contributed by atoms with Crippen molar-refractivity contribution in [3.63, 3.8) is 0 Å². The normalized spacial score (nSPS) is 14.8. The van der Waals surface area contributed by atoms with Gasteiger partial charge in [0.2, 0.25) is 53.2 Å². The highest BCUT2D eigenvalue weighted by molar-refractivity contribution is 5.99. The van der Waals surface area contributed by atoms with Gasteiger partial charge in [-0.3, -0.25) is 48.1 Å². The Labute approximate surface area is 382 Å². The third-order valence-electron chi connectivity index (χ3n) is 11.1. The molecule has 21 heteroatoms. The number of benzene rings is 2. The van der Waals surface area contributed by atoms with Crippen molar-refractivity contribution in [2.24, 2.45) is 5.73 Å². The summed E-state index contributed by atoms with van der Waals surface area (Å²) < 4.78 is 5.55. The van der Waals surface area contributed by atoms with E-state index in [0.717, 1.165) is 15.7 Å². The van der Waals surface area contributed by atoms with E-state index in [4.69, 9.17) is 10.5 Å². The molecule has 1 aliphatic heterocycles. The fourth-order valence-corrected chi connectivity index (χ4v) is 7.19. The number of amides is 9. The van der Waals surface area contributed by atoms with E-state index in [1.54, 1.807) is 36.4 Å². The lowest BCUT2D eigenvalue weighted by atomic mass is 9.87. The van der Waals surface area contributed by atoms with Crippen LogP contribution in [0.15, 0.2) is 60.9 Å². The van der Waals surface area contributed by atoms with Gasteiger partial charge < -0.3 is 56.9 Å². The summed E-state index contributed by atoms with van der Waals surface area (Å²) in [6.07, 6.45) is 1.96. The number of nitrogens with zero attached hydrogens (tertiary/aromatic N) is 4. The molecule has 2 heterocycles. The van der Waals surface area contributed by atoms with Crippen LogP contribution in [0.2, 0.25) is 0 Å². The van der Waals surface area contributed by atoms with E-state index in [9.17, 15) is 48.3 Å². The van der Waals surface area contributed by atoms with Crippen LogP contribution in [0.4, 0.5) is 0 Å². The third-order valence-corrected chi connectivity index (χ3v) is 11.1. The molecule has 4 atom stereocenters. The monoisotopic (exact) mass is 916 g/mol. The van der Waals surface area contributed by atoms with Gasteiger partial charge in [-0.2, -0.15) is 0 Å². The number of primary amides is 1. The van der Waals surface area contributed by atoms with E-state index in [1.807, 2.05) is 6.07 Å². The summed E-state index contributed by atoms with van der Waals surface area (Å²) in [5.41, 5.74) is 5.09. The van der Waals surface area contributed by atoms with Gasteiger partial charge in [-0.05, 0) is 46.5 Å². The first-order chi connectivity index (χ1) is 31.2. The zero-order valence-corrected chi connectivity index (χ0v) is 38.0. The molecule has 1 fully saturated rings. The highest BCUT2D eigenvalue weighted by atomic mass is 16.5. The van der Waals surface area contributed by atoms with Crippen molar-refractivity contribution in [2.75, 3.05) is 54.5 Å². The summed E-state index contributed by atoms with van der Waals surface area (Å²) in [4.78, 5) is 128. The number of nitrogens with one attached hydrogen (secondary N) is 5. The summed E-state index contributed by atoms with van der Waals surface area (Å²) in [6.45, 7) is 2.26. The summed E-state index contributed by atoms with van der Waals surface area (Å²) in [6, 6.07) is 7.86. The maximum atomic E-state index is 14.5. The molecule has 66 heavy (non-hydrogen) atoms. The van der Waals surface area contributed by atoms with Gasteiger partial charge in [-0.15, -0.1) is 0 Å². The van der Waals surface area contributed by atoms with Crippen molar-refractivity contribution in [3.05, 3.63) is 72.1 Å². The predicted molar refractivity (Wildman–Crippen MR) is 240 cm³/mol.